The number of aliphatic hydroxyl groups is 1. The minimum Gasteiger partial charge on any atom is -0.385 e. The van der Waals surface area contributed by atoms with Crippen molar-refractivity contribution in [3.63, 3.8) is 0 Å². The minimum absolute atomic E-state index is 0.234. The number of aryl methyl sites for hydroxylation is 1. The molecule has 0 aromatic carbocycles. The predicted molar refractivity (Wildman–Crippen MR) is 76.4 cm³/mol. The van der Waals surface area contributed by atoms with Gasteiger partial charge in [-0.15, -0.1) is 0 Å². The van der Waals surface area contributed by atoms with Gasteiger partial charge in [-0.2, -0.15) is 0 Å². The summed E-state index contributed by atoms with van der Waals surface area (Å²) >= 11 is 0. The molecule has 2 rings (SSSR count). The molecule has 0 radical (unpaired) electrons. The van der Waals surface area contributed by atoms with Gasteiger partial charge in [-0.05, 0) is 31.9 Å². The van der Waals surface area contributed by atoms with Crippen LogP contribution in [0.15, 0.2) is 12.1 Å². The van der Waals surface area contributed by atoms with Crippen molar-refractivity contribution >= 4 is 0 Å². The van der Waals surface area contributed by atoms with Crippen LogP contribution in [0.3, 0.4) is 0 Å². The summed E-state index contributed by atoms with van der Waals surface area (Å²) in [6, 6.07) is 4.25. The van der Waals surface area contributed by atoms with Crippen LogP contribution in [-0.2, 0) is 23.1 Å². The normalized spacial score (nSPS) is 20.4. The molecule has 5 nitrogen and oxygen atoms in total. The van der Waals surface area contributed by atoms with E-state index in [0.29, 0.717) is 19.8 Å². The first-order chi connectivity index (χ1) is 9.66. The fourth-order valence-electron chi connectivity index (χ4n) is 2.47. The summed E-state index contributed by atoms with van der Waals surface area (Å²) in [4.78, 5) is 0. The van der Waals surface area contributed by atoms with E-state index in [4.69, 9.17) is 9.47 Å². The fourth-order valence-corrected chi connectivity index (χ4v) is 2.47. The standard InChI is InChI=1S/C15H26N2O3/c1-12-5-6-13(17(12)2)8-16-9-14(18)10-19-11-15-4-3-7-20-15/h5-6,14-16,18H,3-4,7-11H2,1-2H3/p+1/t14-,15+/m1/s1. The molecule has 1 saturated heterocycles. The number of aromatic nitrogens is 1. The Kier molecular flexibility index (Phi) is 6.04. The van der Waals surface area contributed by atoms with Gasteiger partial charge in [-0.25, -0.2) is 0 Å². The van der Waals surface area contributed by atoms with Crippen molar-refractivity contribution in [3.05, 3.63) is 23.5 Å². The maximum absolute atomic E-state index is 9.87. The first-order valence-corrected chi connectivity index (χ1v) is 7.47. The number of ether oxygens (including phenoxy) is 2. The molecule has 2 heterocycles. The first kappa shape index (κ1) is 15.5. The number of quaternary nitrogens is 1. The second kappa shape index (κ2) is 7.78. The van der Waals surface area contributed by atoms with E-state index >= 15 is 0 Å². The molecule has 0 amide bonds. The molecule has 0 saturated carbocycles. The topological polar surface area (TPSA) is 60.2 Å². The first-order valence-electron chi connectivity index (χ1n) is 7.47. The Morgan fingerprint density at radius 3 is 3.05 bits per heavy atom. The highest BCUT2D eigenvalue weighted by Crippen LogP contribution is 2.11. The van der Waals surface area contributed by atoms with Crippen molar-refractivity contribution in [3.8, 4) is 0 Å². The lowest BCUT2D eigenvalue weighted by Crippen LogP contribution is -2.85. The molecule has 5 heteroatoms. The summed E-state index contributed by atoms with van der Waals surface area (Å²) in [5.41, 5.74) is 2.53. The van der Waals surface area contributed by atoms with Crippen LogP contribution in [0.5, 0.6) is 0 Å². The Bertz CT molecular complexity index is 400. The van der Waals surface area contributed by atoms with Gasteiger partial charge in [0.15, 0.2) is 0 Å². The number of rotatable bonds is 8. The summed E-state index contributed by atoms with van der Waals surface area (Å²) in [6.07, 6.45) is 2.02. The van der Waals surface area contributed by atoms with Gasteiger partial charge in [-0.3, -0.25) is 0 Å². The zero-order valence-electron chi connectivity index (χ0n) is 12.5. The molecule has 1 fully saturated rings. The van der Waals surface area contributed by atoms with Crippen molar-refractivity contribution in [2.75, 3.05) is 26.4 Å². The van der Waals surface area contributed by atoms with Gasteiger partial charge in [-0.1, -0.05) is 0 Å². The van der Waals surface area contributed by atoms with Crippen LogP contribution in [0.1, 0.15) is 24.2 Å². The van der Waals surface area contributed by atoms with Crippen molar-refractivity contribution in [1.29, 1.82) is 0 Å². The zero-order valence-corrected chi connectivity index (χ0v) is 12.5. The Balaban J connectivity index is 1.55. The van der Waals surface area contributed by atoms with E-state index in [2.05, 4.69) is 36.0 Å². The van der Waals surface area contributed by atoms with E-state index in [1.165, 1.54) is 11.4 Å². The average molecular weight is 283 g/mol. The Labute approximate surface area is 120 Å². The summed E-state index contributed by atoms with van der Waals surface area (Å²) < 4.78 is 13.2. The van der Waals surface area contributed by atoms with Gasteiger partial charge in [0.25, 0.3) is 0 Å². The molecule has 0 spiro atoms. The van der Waals surface area contributed by atoms with Crippen molar-refractivity contribution in [2.24, 2.45) is 7.05 Å². The number of hydrogen-bond acceptors (Lipinski definition) is 3. The highest BCUT2D eigenvalue weighted by atomic mass is 16.5. The van der Waals surface area contributed by atoms with Crippen LogP contribution < -0.4 is 5.32 Å². The molecule has 1 aromatic heterocycles. The maximum atomic E-state index is 9.87. The number of nitrogens with two attached hydrogens (primary N) is 1. The number of hydrogen-bond donors (Lipinski definition) is 2. The van der Waals surface area contributed by atoms with Crippen LogP contribution in [0, 0.1) is 6.92 Å². The van der Waals surface area contributed by atoms with Gasteiger partial charge >= 0.3 is 0 Å². The zero-order chi connectivity index (χ0) is 14.4. The monoisotopic (exact) mass is 283 g/mol. The highest BCUT2D eigenvalue weighted by Gasteiger charge is 2.16. The average Bonchev–Trinajstić information content (AvgIpc) is 3.04. The molecule has 0 unspecified atom stereocenters. The van der Waals surface area contributed by atoms with E-state index < -0.39 is 6.10 Å². The third kappa shape index (κ3) is 4.59. The third-order valence-corrected chi connectivity index (χ3v) is 3.91. The maximum Gasteiger partial charge on any atom is 0.126 e. The Hall–Kier alpha value is -0.880. The highest BCUT2D eigenvalue weighted by molar-refractivity contribution is 5.13. The summed E-state index contributed by atoms with van der Waals surface area (Å²) in [5.74, 6) is 0. The van der Waals surface area contributed by atoms with Crippen molar-refractivity contribution in [2.45, 2.75) is 38.5 Å². The van der Waals surface area contributed by atoms with Gasteiger partial charge in [0.05, 0.1) is 25.0 Å². The van der Waals surface area contributed by atoms with E-state index in [1.54, 1.807) is 0 Å². The molecular weight excluding hydrogens is 256 g/mol. The third-order valence-electron chi connectivity index (χ3n) is 3.91. The van der Waals surface area contributed by atoms with E-state index in [1.807, 2.05) is 0 Å². The molecule has 1 aliphatic heterocycles. The number of nitrogens with zero attached hydrogens (tertiary/aromatic N) is 1. The Morgan fingerprint density at radius 2 is 2.40 bits per heavy atom. The van der Waals surface area contributed by atoms with E-state index in [9.17, 15) is 5.11 Å². The summed E-state index contributed by atoms with van der Waals surface area (Å²) in [6.45, 7) is 5.48. The molecule has 1 aromatic rings. The fraction of sp³-hybridized carbons (Fsp3) is 0.733. The molecular formula is C15H27N2O3+. The van der Waals surface area contributed by atoms with Crippen LogP contribution in [0.4, 0.5) is 0 Å². The van der Waals surface area contributed by atoms with E-state index in [-0.39, 0.29) is 6.10 Å². The predicted octanol–water partition coefficient (Wildman–Crippen LogP) is -0.0466. The number of aliphatic hydroxyl groups excluding tert-OH is 1. The van der Waals surface area contributed by atoms with Gasteiger partial charge in [0.1, 0.15) is 19.2 Å². The molecule has 0 aliphatic carbocycles. The second-order valence-electron chi connectivity index (χ2n) is 5.58. The van der Waals surface area contributed by atoms with Gasteiger partial charge in [0, 0.05) is 19.3 Å². The van der Waals surface area contributed by atoms with Gasteiger partial charge in [0.2, 0.25) is 0 Å². The molecule has 20 heavy (non-hydrogen) atoms. The Morgan fingerprint density at radius 1 is 1.55 bits per heavy atom. The summed E-state index contributed by atoms with van der Waals surface area (Å²) in [7, 11) is 2.07. The second-order valence-corrected chi connectivity index (χ2v) is 5.58. The van der Waals surface area contributed by atoms with E-state index in [0.717, 1.165) is 26.0 Å². The van der Waals surface area contributed by atoms with Crippen molar-refractivity contribution in [1.82, 2.24) is 4.57 Å². The lowest BCUT2D eigenvalue weighted by molar-refractivity contribution is -0.677. The van der Waals surface area contributed by atoms with Crippen molar-refractivity contribution < 1.29 is 19.9 Å². The summed E-state index contributed by atoms with van der Waals surface area (Å²) in [5, 5.41) is 12.0. The smallest absolute Gasteiger partial charge is 0.126 e. The lowest BCUT2D eigenvalue weighted by Gasteiger charge is -2.13. The molecule has 3 N–H and O–H groups in total. The minimum atomic E-state index is -0.419. The van der Waals surface area contributed by atoms with Crippen LogP contribution in [0.25, 0.3) is 0 Å². The molecule has 0 bridgehead atoms. The largest absolute Gasteiger partial charge is 0.385 e. The quantitative estimate of drug-likeness (QED) is 0.703. The lowest BCUT2D eigenvalue weighted by atomic mass is 10.2. The van der Waals surface area contributed by atoms with Gasteiger partial charge < -0.3 is 24.5 Å². The SMILES string of the molecule is Cc1ccc(C[NH2+]C[C@@H](O)COC[C@@H]2CCCO2)n1C. The molecule has 2 atom stereocenters. The van der Waals surface area contributed by atoms with Crippen LogP contribution in [-0.4, -0.2) is 48.2 Å². The molecule has 1 aliphatic rings. The van der Waals surface area contributed by atoms with Crippen LogP contribution in [0.2, 0.25) is 0 Å². The van der Waals surface area contributed by atoms with Crippen LogP contribution >= 0.6 is 0 Å². The molecule has 114 valence electrons.